The van der Waals surface area contributed by atoms with E-state index in [1.807, 2.05) is 0 Å². The maximum Gasteiger partial charge on any atom is 0.387 e. The summed E-state index contributed by atoms with van der Waals surface area (Å²) in [6.45, 7) is -2.89. The Balaban J connectivity index is 1.94. The molecular formula is C14H17F2NO4S. The number of carbonyl (C=O) groups excluding carboxylic acids is 1. The SMILES string of the molecule is CN(C(=O)Cc1ccc(OC(F)F)cc1)C1CCS(=O)(=O)C1. The summed E-state index contributed by atoms with van der Waals surface area (Å²) in [7, 11) is -1.46. The molecule has 1 atom stereocenters. The third-order valence-electron chi connectivity index (χ3n) is 3.65. The van der Waals surface area contributed by atoms with Gasteiger partial charge in [-0.25, -0.2) is 8.42 Å². The number of hydrogen-bond acceptors (Lipinski definition) is 4. The summed E-state index contributed by atoms with van der Waals surface area (Å²) >= 11 is 0. The van der Waals surface area contributed by atoms with E-state index in [-0.39, 0.29) is 35.6 Å². The first-order valence-corrected chi connectivity index (χ1v) is 8.59. The highest BCUT2D eigenvalue weighted by molar-refractivity contribution is 7.91. The van der Waals surface area contributed by atoms with E-state index in [0.29, 0.717) is 12.0 Å². The van der Waals surface area contributed by atoms with Gasteiger partial charge >= 0.3 is 6.61 Å². The quantitative estimate of drug-likeness (QED) is 0.819. The van der Waals surface area contributed by atoms with Crippen molar-refractivity contribution in [3.05, 3.63) is 29.8 Å². The van der Waals surface area contributed by atoms with E-state index in [1.165, 1.54) is 29.2 Å². The van der Waals surface area contributed by atoms with Gasteiger partial charge in [0.05, 0.1) is 17.9 Å². The van der Waals surface area contributed by atoms with Crippen LogP contribution in [0.25, 0.3) is 0 Å². The molecule has 0 N–H and O–H groups in total. The fourth-order valence-electron chi connectivity index (χ4n) is 2.37. The molecule has 1 aromatic carbocycles. The Morgan fingerprint density at radius 3 is 2.50 bits per heavy atom. The maximum absolute atomic E-state index is 12.2. The van der Waals surface area contributed by atoms with Gasteiger partial charge in [-0.2, -0.15) is 8.78 Å². The van der Waals surface area contributed by atoms with Gasteiger partial charge in [0, 0.05) is 13.1 Å². The van der Waals surface area contributed by atoms with E-state index in [9.17, 15) is 22.0 Å². The lowest BCUT2D eigenvalue weighted by molar-refractivity contribution is -0.130. The van der Waals surface area contributed by atoms with Crippen LogP contribution in [-0.2, 0) is 21.1 Å². The smallest absolute Gasteiger partial charge is 0.387 e. The minimum atomic E-state index is -3.05. The molecule has 0 radical (unpaired) electrons. The molecule has 1 aromatic rings. The van der Waals surface area contributed by atoms with Crippen LogP contribution in [0.2, 0.25) is 0 Å². The standard InChI is InChI=1S/C14H17F2NO4S/c1-17(11-6-7-22(19,20)9-11)13(18)8-10-2-4-12(5-3-10)21-14(15)16/h2-5,11,14H,6-9H2,1H3. The van der Waals surface area contributed by atoms with Crippen LogP contribution >= 0.6 is 0 Å². The van der Waals surface area contributed by atoms with Gasteiger partial charge in [-0.1, -0.05) is 12.1 Å². The number of sulfone groups is 1. The van der Waals surface area contributed by atoms with Crippen LogP contribution in [0.1, 0.15) is 12.0 Å². The molecule has 122 valence electrons. The Kier molecular flexibility index (Phi) is 5.00. The first-order chi connectivity index (χ1) is 10.3. The number of hydrogen-bond donors (Lipinski definition) is 0. The van der Waals surface area contributed by atoms with E-state index in [0.717, 1.165) is 0 Å². The summed E-state index contributed by atoms with van der Waals surface area (Å²) < 4.78 is 51.2. The number of ether oxygens (including phenoxy) is 1. The van der Waals surface area contributed by atoms with Crippen LogP contribution < -0.4 is 4.74 Å². The van der Waals surface area contributed by atoms with Gasteiger partial charge < -0.3 is 9.64 Å². The van der Waals surface area contributed by atoms with Gasteiger partial charge in [-0.15, -0.1) is 0 Å². The van der Waals surface area contributed by atoms with Crippen molar-refractivity contribution < 1.29 is 26.7 Å². The molecular weight excluding hydrogens is 316 g/mol. The molecule has 22 heavy (non-hydrogen) atoms. The summed E-state index contributed by atoms with van der Waals surface area (Å²) in [5.74, 6) is -0.0724. The second-order valence-electron chi connectivity index (χ2n) is 5.26. The Hall–Kier alpha value is -1.70. The van der Waals surface area contributed by atoms with Crippen molar-refractivity contribution in [2.24, 2.45) is 0 Å². The van der Waals surface area contributed by atoms with E-state index >= 15 is 0 Å². The van der Waals surface area contributed by atoms with Gasteiger partial charge in [-0.05, 0) is 24.1 Å². The molecule has 1 amide bonds. The third-order valence-corrected chi connectivity index (χ3v) is 5.40. The molecule has 1 saturated heterocycles. The largest absolute Gasteiger partial charge is 0.435 e. The molecule has 0 bridgehead atoms. The lowest BCUT2D eigenvalue weighted by atomic mass is 10.1. The molecule has 0 spiro atoms. The molecule has 1 unspecified atom stereocenters. The van der Waals surface area contributed by atoms with Crippen molar-refractivity contribution >= 4 is 15.7 Å². The van der Waals surface area contributed by atoms with Crippen molar-refractivity contribution in [2.75, 3.05) is 18.6 Å². The summed E-state index contributed by atoms with van der Waals surface area (Å²) in [6.07, 6.45) is 0.535. The number of benzene rings is 1. The zero-order valence-electron chi connectivity index (χ0n) is 12.0. The lowest BCUT2D eigenvalue weighted by Crippen LogP contribution is -2.38. The fourth-order valence-corrected chi connectivity index (χ4v) is 4.15. The van der Waals surface area contributed by atoms with E-state index in [4.69, 9.17) is 0 Å². The van der Waals surface area contributed by atoms with Crippen LogP contribution in [0.3, 0.4) is 0 Å². The highest BCUT2D eigenvalue weighted by Gasteiger charge is 2.32. The van der Waals surface area contributed by atoms with E-state index < -0.39 is 16.4 Å². The molecule has 1 aliphatic heterocycles. The van der Waals surface area contributed by atoms with Gasteiger partial charge in [0.2, 0.25) is 5.91 Å². The zero-order valence-corrected chi connectivity index (χ0v) is 12.9. The van der Waals surface area contributed by atoms with Gasteiger partial charge in [-0.3, -0.25) is 4.79 Å². The highest BCUT2D eigenvalue weighted by atomic mass is 32.2. The molecule has 0 aliphatic carbocycles. The first kappa shape index (κ1) is 16.7. The topological polar surface area (TPSA) is 63.7 Å². The molecule has 1 fully saturated rings. The van der Waals surface area contributed by atoms with Crippen LogP contribution in [0.15, 0.2) is 24.3 Å². The molecule has 0 aromatic heterocycles. The summed E-state index contributed by atoms with van der Waals surface area (Å²) in [4.78, 5) is 13.6. The average molecular weight is 333 g/mol. The van der Waals surface area contributed by atoms with Crippen LogP contribution in [0.5, 0.6) is 5.75 Å². The molecule has 8 heteroatoms. The number of alkyl halides is 2. The van der Waals surface area contributed by atoms with Crippen molar-refractivity contribution in [3.8, 4) is 5.75 Å². The second-order valence-corrected chi connectivity index (χ2v) is 7.49. The number of nitrogens with zero attached hydrogens (tertiary/aromatic N) is 1. The van der Waals surface area contributed by atoms with Gasteiger partial charge in [0.1, 0.15) is 5.75 Å². The normalized spacial score (nSPS) is 20.1. The number of halogens is 2. The fraction of sp³-hybridized carbons (Fsp3) is 0.500. The third kappa shape index (κ3) is 4.40. The lowest BCUT2D eigenvalue weighted by Gasteiger charge is -2.23. The number of carbonyl (C=O) groups is 1. The Morgan fingerprint density at radius 1 is 1.36 bits per heavy atom. The Labute approximate surface area is 127 Å². The van der Waals surface area contributed by atoms with Crippen LogP contribution in [-0.4, -0.2) is 50.4 Å². The van der Waals surface area contributed by atoms with Gasteiger partial charge in [0.25, 0.3) is 0 Å². The highest BCUT2D eigenvalue weighted by Crippen LogP contribution is 2.19. The average Bonchev–Trinajstić information content (AvgIpc) is 2.80. The minimum Gasteiger partial charge on any atom is -0.435 e. The van der Waals surface area contributed by atoms with Crippen molar-refractivity contribution in [2.45, 2.75) is 25.5 Å². The van der Waals surface area contributed by atoms with Gasteiger partial charge in [0.15, 0.2) is 9.84 Å². The predicted molar refractivity (Wildman–Crippen MR) is 76.6 cm³/mol. The molecule has 1 heterocycles. The number of amides is 1. The van der Waals surface area contributed by atoms with Crippen molar-refractivity contribution in [1.82, 2.24) is 4.90 Å². The summed E-state index contributed by atoms with van der Waals surface area (Å²) in [5, 5.41) is 0. The van der Waals surface area contributed by atoms with E-state index in [1.54, 1.807) is 7.05 Å². The first-order valence-electron chi connectivity index (χ1n) is 6.77. The molecule has 0 saturated carbocycles. The summed E-state index contributed by atoms with van der Waals surface area (Å²) in [6, 6.07) is 5.52. The van der Waals surface area contributed by atoms with E-state index in [2.05, 4.69) is 4.74 Å². The minimum absolute atomic E-state index is 0.00357. The molecule has 5 nitrogen and oxygen atoms in total. The van der Waals surface area contributed by atoms with Crippen molar-refractivity contribution in [1.29, 1.82) is 0 Å². The Bertz CT molecular complexity index is 631. The predicted octanol–water partition coefficient (Wildman–Crippen LogP) is 1.48. The zero-order chi connectivity index (χ0) is 16.3. The number of likely N-dealkylation sites (N-methyl/N-ethyl adjacent to an activating group) is 1. The second kappa shape index (κ2) is 6.60. The molecule has 1 aliphatic rings. The number of rotatable bonds is 5. The summed E-state index contributed by atoms with van der Waals surface area (Å²) in [5.41, 5.74) is 0.652. The molecule has 2 rings (SSSR count). The Morgan fingerprint density at radius 2 is 2.00 bits per heavy atom. The van der Waals surface area contributed by atoms with Crippen LogP contribution in [0, 0.1) is 0 Å². The van der Waals surface area contributed by atoms with Crippen LogP contribution in [0.4, 0.5) is 8.78 Å². The maximum atomic E-state index is 12.2. The monoisotopic (exact) mass is 333 g/mol. The van der Waals surface area contributed by atoms with Crippen molar-refractivity contribution in [3.63, 3.8) is 0 Å².